The molecule has 0 aromatic carbocycles. The van der Waals surface area contributed by atoms with E-state index in [0.717, 1.165) is 0 Å². The third-order valence-corrected chi connectivity index (χ3v) is 0.393. The lowest BCUT2D eigenvalue weighted by Gasteiger charge is -2.15. The fraction of sp³-hybridized carbons (Fsp3) is 0.833. The molecule has 0 amide bonds. The highest BCUT2D eigenvalue weighted by molar-refractivity contribution is 5.57. The summed E-state index contributed by atoms with van der Waals surface area (Å²) in [7, 11) is 1.50. The lowest BCUT2D eigenvalue weighted by atomic mass is 10.2. The molecule has 0 saturated heterocycles. The number of hydrogen-bond donors (Lipinski definition) is 2. The van der Waals surface area contributed by atoms with E-state index in [2.05, 4.69) is 10.5 Å². The Hall–Kier alpha value is -0.770. The molecule has 4 heteroatoms. The minimum atomic E-state index is -1.22. The van der Waals surface area contributed by atoms with E-state index in [9.17, 15) is 4.79 Å². The molecular formula is C6H15NO3. The average molecular weight is 149 g/mol. The van der Waals surface area contributed by atoms with Crippen molar-refractivity contribution in [3.63, 3.8) is 0 Å². The Morgan fingerprint density at radius 2 is 1.70 bits per heavy atom. The summed E-state index contributed by atoms with van der Waals surface area (Å²) < 4.78 is 4.35. The Morgan fingerprint density at radius 1 is 1.40 bits per heavy atom. The van der Waals surface area contributed by atoms with Crippen molar-refractivity contribution in [2.24, 2.45) is 5.73 Å². The largest absolute Gasteiger partial charge is 0.506 e. The molecule has 0 aliphatic carbocycles. The second-order valence-electron chi connectivity index (χ2n) is 2.48. The van der Waals surface area contributed by atoms with Crippen LogP contribution in [0.25, 0.3) is 0 Å². The van der Waals surface area contributed by atoms with Gasteiger partial charge in [0.05, 0.1) is 0 Å². The predicted octanol–water partition coefficient (Wildman–Crippen LogP) is 1.05. The molecule has 0 aliphatic heterocycles. The molecule has 0 atom stereocenters. The lowest BCUT2D eigenvalue weighted by molar-refractivity contribution is 0.0150. The number of carboxylic acid groups (broad SMARTS) is 1. The molecule has 62 valence electrons. The first kappa shape index (κ1) is 12.0. The van der Waals surface area contributed by atoms with Crippen molar-refractivity contribution < 1.29 is 14.6 Å². The molecule has 0 aromatic rings. The molecule has 0 bridgehead atoms. The van der Waals surface area contributed by atoms with Gasteiger partial charge in [-0.2, -0.15) is 0 Å². The van der Waals surface area contributed by atoms with Gasteiger partial charge in [-0.05, 0) is 27.8 Å². The van der Waals surface area contributed by atoms with Crippen molar-refractivity contribution in [1.82, 2.24) is 0 Å². The zero-order valence-electron chi connectivity index (χ0n) is 6.84. The first-order valence-electron chi connectivity index (χ1n) is 2.91. The quantitative estimate of drug-likeness (QED) is 0.505. The fourth-order valence-electron chi connectivity index (χ4n) is 0.262. The van der Waals surface area contributed by atoms with E-state index in [0.29, 0.717) is 0 Å². The summed E-state index contributed by atoms with van der Waals surface area (Å²) in [5, 5.41) is 8.03. The minimum absolute atomic E-state index is 0.578. The second kappa shape index (κ2) is 5.05. The Kier molecular flexibility index (Phi) is 6.04. The third kappa shape index (κ3) is 15.7. The van der Waals surface area contributed by atoms with Gasteiger partial charge in [0.2, 0.25) is 0 Å². The zero-order valence-corrected chi connectivity index (χ0v) is 6.84. The predicted molar refractivity (Wildman–Crippen MR) is 39.0 cm³/mol. The van der Waals surface area contributed by atoms with Crippen molar-refractivity contribution in [2.45, 2.75) is 26.4 Å². The summed E-state index contributed by atoms with van der Waals surface area (Å²) in [6, 6.07) is 0. The van der Waals surface area contributed by atoms with Crippen molar-refractivity contribution in [3.8, 4) is 0 Å². The van der Waals surface area contributed by atoms with E-state index in [1.54, 1.807) is 20.8 Å². The molecule has 10 heavy (non-hydrogen) atoms. The van der Waals surface area contributed by atoms with Crippen LogP contribution < -0.4 is 5.73 Å². The van der Waals surface area contributed by atoms with Crippen molar-refractivity contribution in [3.05, 3.63) is 0 Å². The van der Waals surface area contributed by atoms with Crippen LogP contribution >= 0.6 is 0 Å². The topological polar surface area (TPSA) is 72.5 Å². The maximum atomic E-state index is 9.79. The molecule has 0 spiro atoms. The number of ether oxygens (including phenoxy) is 1. The number of carbonyl (C=O) groups is 1. The van der Waals surface area contributed by atoms with Crippen LogP contribution in [-0.2, 0) is 4.74 Å². The van der Waals surface area contributed by atoms with Gasteiger partial charge in [-0.15, -0.1) is 0 Å². The Bertz CT molecular complexity index is 95.7. The number of nitrogens with two attached hydrogens (primary N) is 1. The smallest absolute Gasteiger partial charge is 0.450 e. The van der Waals surface area contributed by atoms with Gasteiger partial charge in [-0.1, -0.05) is 0 Å². The van der Waals surface area contributed by atoms with Gasteiger partial charge in [-0.25, -0.2) is 4.79 Å². The Balaban J connectivity index is 0. The standard InChI is InChI=1S/C5H10O3.CH5N/c1-5(2,3)8-4(6)7;1-2/h1-3H3,(H,6,7);2H2,1H3. The van der Waals surface area contributed by atoms with Crippen LogP contribution in [0, 0.1) is 0 Å². The van der Waals surface area contributed by atoms with Gasteiger partial charge < -0.3 is 15.6 Å². The van der Waals surface area contributed by atoms with Crippen LogP contribution in [0.4, 0.5) is 4.79 Å². The van der Waals surface area contributed by atoms with Crippen LogP contribution in [0.5, 0.6) is 0 Å². The monoisotopic (exact) mass is 149 g/mol. The fourth-order valence-corrected chi connectivity index (χ4v) is 0.262. The summed E-state index contributed by atoms with van der Waals surface area (Å²) in [5.41, 5.74) is 3.92. The lowest BCUT2D eigenvalue weighted by Crippen LogP contribution is -2.22. The highest BCUT2D eigenvalue weighted by Gasteiger charge is 2.13. The molecule has 0 fully saturated rings. The first-order chi connectivity index (χ1) is 4.42. The normalized spacial score (nSPS) is 9.30. The van der Waals surface area contributed by atoms with Gasteiger partial charge in [0.15, 0.2) is 0 Å². The van der Waals surface area contributed by atoms with E-state index >= 15 is 0 Å². The summed E-state index contributed by atoms with van der Waals surface area (Å²) in [4.78, 5) is 9.79. The van der Waals surface area contributed by atoms with Gasteiger partial charge >= 0.3 is 6.16 Å². The molecule has 0 radical (unpaired) electrons. The van der Waals surface area contributed by atoms with Crippen LogP contribution in [-0.4, -0.2) is 23.9 Å². The summed E-state index contributed by atoms with van der Waals surface area (Å²) >= 11 is 0. The SMILES string of the molecule is CC(C)(C)OC(=O)O.CN. The van der Waals surface area contributed by atoms with E-state index < -0.39 is 11.8 Å². The number of hydrogen-bond acceptors (Lipinski definition) is 3. The van der Waals surface area contributed by atoms with Gasteiger partial charge in [0.1, 0.15) is 5.60 Å². The summed E-state index contributed by atoms with van der Waals surface area (Å²) in [5.74, 6) is 0. The Morgan fingerprint density at radius 3 is 1.70 bits per heavy atom. The van der Waals surface area contributed by atoms with Gasteiger partial charge in [0.25, 0.3) is 0 Å². The van der Waals surface area contributed by atoms with Crippen LogP contribution in [0.2, 0.25) is 0 Å². The molecule has 0 rings (SSSR count). The van der Waals surface area contributed by atoms with Crippen LogP contribution in [0.1, 0.15) is 20.8 Å². The number of rotatable bonds is 0. The van der Waals surface area contributed by atoms with Crippen molar-refractivity contribution >= 4 is 6.16 Å². The summed E-state index contributed by atoms with van der Waals surface area (Å²) in [6.07, 6.45) is -1.22. The molecule has 3 N–H and O–H groups in total. The molecule has 0 unspecified atom stereocenters. The van der Waals surface area contributed by atoms with Crippen LogP contribution in [0.15, 0.2) is 0 Å². The molecule has 0 saturated carbocycles. The maximum absolute atomic E-state index is 9.79. The van der Waals surface area contributed by atoms with E-state index in [-0.39, 0.29) is 0 Å². The molecule has 0 heterocycles. The second-order valence-corrected chi connectivity index (χ2v) is 2.48. The van der Waals surface area contributed by atoms with E-state index in [4.69, 9.17) is 5.11 Å². The zero-order chi connectivity index (χ0) is 8.78. The highest BCUT2D eigenvalue weighted by atomic mass is 16.7. The molecule has 0 aliphatic rings. The van der Waals surface area contributed by atoms with E-state index in [1.807, 2.05) is 0 Å². The third-order valence-electron chi connectivity index (χ3n) is 0.393. The first-order valence-corrected chi connectivity index (χ1v) is 2.91. The van der Waals surface area contributed by atoms with Crippen molar-refractivity contribution in [2.75, 3.05) is 7.05 Å². The van der Waals surface area contributed by atoms with E-state index in [1.165, 1.54) is 7.05 Å². The summed E-state index contributed by atoms with van der Waals surface area (Å²) in [6.45, 7) is 5.04. The minimum Gasteiger partial charge on any atom is -0.450 e. The van der Waals surface area contributed by atoms with Crippen LogP contribution in [0.3, 0.4) is 0 Å². The average Bonchev–Trinajstić information content (AvgIpc) is 1.64. The molecule has 0 aromatic heterocycles. The van der Waals surface area contributed by atoms with Crippen molar-refractivity contribution in [1.29, 1.82) is 0 Å². The Labute approximate surface area is 61.0 Å². The van der Waals surface area contributed by atoms with Gasteiger partial charge in [-0.3, -0.25) is 0 Å². The molecule has 4 nitrogen and oxygen atoms in total. The molecular weight excluding hydrogens is 134 g/mol. The highest BCUT2D eigenvalue weighted by Crippen LogP contribution is 2.05. The van der Waals surface area contributed by atoms with Gasteiger partial charge in [0, 0.05) is 0 Å². The maximum Gasteiger partial charge on any atom is 0.506 e.